The summed E-state index contributed by atoms with van der Waals surface area (Å²) in [5.41, 5.74) is 5.61. The highest BCUT2D eigenvalue weighted by Crippen LogP contribution is 2.27. The average molecular weight is 466 g/mol. The summed E-state index contributed by atoms with van der Waals surface area (Å²) in [6.45, 7) is 3.82. The molecule has 0 bridgehead atoms. The molecule has 0 atom stereocenters. The number of anilines is 1. The van der Waals surface area contributed by atoms with E-state index in [2.05, 4.69) is 15.8 Å². The van der Waals surface area contributed by atoms with E-state index in [1.807, 2.05) is 62.4 Å². The number of ether oxygens (including phenoxy) is 1. The zero-order valence-corrected chi connectivity index (χ0v) is 19.2. The van der Waals surface area contributed by atoms with Crippen molar-refractivity contribution in [3.05, 3.63) is 107 Å². The van der Waals surface area contributed by atoms with E-state index in [1.54, 1.807) is 36.4 Å². The normalized spacial score (nSPS) is 10.8. The summed E-state index contributed by atoms with van der Waals surface area (Å²) in [5, 5.41) is 8.14. The zero-order chi connectivity index (χ0) is 24.8. The van der Waals surface area contributed by atoms with Crippen molar-refractivity contribution in [2.75, 3.05) is 5.32 Å². The van der Waals surface area contributed by atoms with Crippen LogP contribution in [0, 0.1) is 13.8 Å². The van der Waals surface area contributed by atoms with Gasteiger partial charge in [0.1, 0.15) is 5.75 Å². The SMILES string of the molecule is Cc1ccc(C(=O)Oc2ccc3ccccc3c2/C=N\NC(=O)C(=O)Nc2cccc(C)c2)cc1. The molecule has 4 aromatic carbocycles. The highest BCUT2D eigenvalue weighted by Gasteiger charge is 2.15. The Morgan fingerprint density at radius 1 is 0.800 bits per heavy atom. The first kappa shape index (κ1) is 23.4. The van der Waals surface area contributed by atoms with Gasteiger partial charge in [0.15, 0.2) is 0 Å². The molecular formula is C28H23N3O4. The second kappa shape index (κ2) is 10.4. The van der Waals surface area contributed by atoms with Crippen molar-refractivity contribution >= 4 is 40.5 Å². The van der Waals surface area contributed by atoms with Gasteiger partial charge < -0.3 is 10.1 Å². The smallest absolute Gasteiger partial charge is 0.343 e. The van der Waals surface area contributed by atoms with Gasteiger partial charge in [0, 0.05) is 11.3 Å². The third kappa shape index (κ3) is 5.78. The van der Waals surface area contributed by atoms with Crippen LogP contribution >= 0.6 is 0 Å². The lowest BCUT2D eigenvalue weighted by Crippen LogP contribution is -2.32. The molecule has 0 saturated carbocycles. The number of hydrazone groups is 1. The molecule has 0 spiro atoms. The topological polar surface area (TPSA) is 96.9 Å². The second-order valence-corrected chi connectivity index (χ2v) is 7.98. The molecule has 4 rings (SSSR count). The van der Waals surface area contributed by atoms with Crippen LogP contribution in [0.5, 0.6) is 5.75 Å². The number of nitrogens with one attached hydrogen (secondary N) is 2. The van der Waals surface area contributed by atoms with Gasteiger partial charge >= 0.3 is 17.8 Å². The van der Waals surface area contributed by atoms with Gasteiger partial charge in [-0.2, -0.15) is 5.10 Å². The second-order valence-electron chi connectivity index (χ2n) is 7.98. The molecule has 35 heavy (non-hydrogen) atoms. The van der Waals surface area contributed by atoms with Gasteiger partial charge in [-0.05, 0) is 60.5 Å². The fourth-order valence-corrected chi connectivity index (χ4v) is 3.46. The van der Waals surface area contributed by atoms with Gasteiger partial charge in [0.05, 0.1) is 11.8 Å². The number of carbonyl (C=O) groups is 3. The lowest BCUT2D eigenvalue weighted by atomic mass is 10.0. The largest absolute Gasteiger partial charge is 0.422 e. The molecule has 0 fully saturated rings. The Balaban J connectivity index is 1.54. The molecule has 0 radical (unpaired) electrons. The summed E-state index contributed by atoms with van der Waals surface area (Å²) < 4.78 is 5.65. The van der Waals surface area contributed by atoms with Crippen LogP contribution in [0.3, 0.4) is 0 Å². The van der Waals surface area contributed by atoms with E-state index in [4.69, 9.17) is 4.74 Å². The van der Waals surface area contributed by atoms with Gasteiger partial charge in [-0.1, -0.05) is 60.2 Å². The number of carbonyl (C=O) groups excluding carboxylic acids is 3. The summed E-state index contributed by atoms with van der Waals surface area (Å²) in [5.74, 6) is -2.02. The van der Waals surface area contributed by atoms with Crippen LogP contribution in [0.4, 0.5) is 5.69 Å². The lowest BCUT2D eigenvalue weighted by molar-refractivity contribution is -0.136. The average Bonchev–Trinajstić information content (AvgIpc) is 2.85. The maximum absolute atomic E-state index is 12.7. The van der Waals surface area contributed by atoms with Gasteiger partial charge in [-0.3, -0.25) is 9.59 Å². The van der Waals surface area contributed by atoms with E-state index in [0.29, 0.717) is 16.8 Å². The van der Waals surface area contributed by atoms with Crippen LogP contribution in [0.2, 0.25) is 0 Å². The first-order valence-electron chi connectivity index (χ1n) is 10.9. The molecule has 0 aliphatic rings. The summed E-state index contributed by atoms with van der Waals surface area (Å²) in [6.07, 6.45) is 1.36. The van der Waals surface area contributed by atoms with Crippen LogP contribution in [0.15, 0.2) is 90.0 Å². The molecule has 0 aromatic heterocycles. The van der Waals surface area contributed by atoms with E-state index >= 15 is 0 Å². The van der Waals surface area contributed by atoms with Crippen molar-refractivity contribution < 1.29 is 19.1 Å². The minimum Gasteiger partial charge on any atom is -0.422 e. The summed E-state index contributed by atoms with van der Waals surface area (Å²) >= 11 is 0. The van der Waals surface area contributed by atoms with E-state index in [9.17, 15) is 14.4 Å². The van der Waals surface area contributed by atoms with Gasteiger partial charge in [-0.15, -0.1) is 0 Å². The molecule has 7 nitrogen and oxygen atoms in total. The van der Waals surface area contributed by atoms with Crippen molar-refractivity contribution in [3.63, 3.8) is 0 Å². The molecule has 2 amide bonds. The number of nitrogens with zero attached hydrogens (tertiary/aromatic N) is 1. The maximum Gasteiger partial charge on any atom is 0.343 e. The highest BCUT2D eigenvalue weighted by atomic mass is 16.5. The number of amides is 2. The summed E-state index contributed by atoms with van der Waals surface area (Å²) in [4.78, 5) is 37.1. The Bertz CT molecular complexity index is 1440. The number of aryl methyl sites for hydroxylation is 2. The predicted octanol–water partition coefficient (Wildman–Crippen LogP) is 4.76. The number of hydrogen-bond acceptors (Lipinski definition) is 5. The van der Waals surface area contributed by atoms with Gasteiger partial charge in [0.2, 0.25) is 0 Å². The van der Waals surface area contributed by atoms with E-state index < -0.39 is 17.8 Å². The number of fused-ring (bicyclic) bond motifs is 1. The number of esters is 1. The van der Waals surface area contributed by atoms with E-state index in [0.717, 1.165) is 21.9 Å². The van der Waals surface area contributed by atoms with Crippen molar-refractivity contribution in [1.82, 2.24) is 5.43 Å². The van der Waals surface area contributed by atoms with E-state index in [1.165, 1.54) is 6.21 Å². The fourth-order valence-electron chi connectivity index (χ4n) is 3.46. The quantitative estimate of drug-likeness (QED) is 0.146. The van der Waals surface area contributed by atoms with Crippen LogP contribution in [-0.2, 0) is 9.59 Å². The van der Waals surface area contributed by atoms with Crippen LogP contribution in [0.1, 0.15) is 27.0 Å². The van der Waals surface area contributed by atoms with Crippen molar-refractivity contribution in [1.29, 1.82) is 0 Å². The molecule has 2 N–H and O–H groups in total. The molecule has 174 valence electrons. The van der Waals surface area contributed by atoms with Crippen LogP contribution in [-0.4, -0.2) is 24.0 Å². The van der Waals surface area contributed by atoms with Gasteiger partial charge in [-0.25, -0.2) is 10.2 Å². The third-order valence-electron chi connectivity index (χ3n) is 5.26. The lowest BCUT2D eigenvalue weighted by Gasteiger charge is -2.11. The first-order valence-corrected chi connectivity index (χ1v) is 10.9. The van der Waals surface area contributed by atoms with Crippen LogP contribution in [0.25, 0.3) is 10.8 Å². The molecule has 0 aliphatic carbocycles. The summed E-state index contributed by atoms with van der Waals surface area (Å²) in [6, 6.07) is 25.1. The van der Waals surface area contributed by atoms with Crippen molar-refractivity contribution in [2.45, 2.75) is 13.8 Å². The summed E-state index contributed by atoms with van der Waals surface area (Å²) in [7, 11) is 0. The van der Waals surface area contributed by atoms with Crippen LogP contribution < -0.4 is 15.5 Å². The molecule has 0 saturated heterocycles. The molecule has 0 heterocycles. The van der Waals surface area contributed by atoms with E-state index in [-0.39, 0.29) is 5.75 Å². The third-order valence-corrected chi connectivity index (χ3v) is 5.26. The Morgan fingerprint density at radius 3 is 2.34 bits per heavy atom. The molecule has 4 aromatic rings. The maximum atomic E-state index is 12.7. The predicted molar refractivity (Wildman–Crippen MR) is 136 cm³/mol. The number of hydrogen-bond donors (Lipinski definition) is 2. The molecule has 0 aliphatic heterocycles. The van der Waals surface area contributed by atoms with Crippen molar-refractivity contribution in [2.24, 2.45) is 5.10 Å². The Kier molecular flexibility index (Phi) is 6.97. The first-order chi connectivity index (χ1) is 16.9. The number of rotatable bonds is 5. The van der Waals surface area contributed by atoms with Gasteiger partial charge in [0.25, 0.3) is 0 Å². The monoisotopic (exact) mass is 465 g/mol. The minimum atomic E-state index is -0.929. The zero-order valence-electron chi connectivity index (χ0n) is 19.2. The molecule has 0 unspecified atom stereocenters. The van der Waals surface area contributed by atoms with Crippen molar-refractivity contribution in [3.8, 4) is 5.75 Å². The molecule has 7 heteroatoms. The highest BCUT2D eigenvalue weighted by molar-refractivity contribution is 6.39. The Morgan fingerprint density at radius 2 is 1.57 bits per heavy atom. The Labute approximate surface area is 202 Å². The minimum absolute atomic E-state index is 0.275. The standard InChI is InChI=1S/C28H23N3O4/c1-18-10-12-21(13-11-18)28(34)35-25-15-14-20-7-3-4-9-23(20)24(25)17-29-31-27(33)26(32)30-22-8-5-6-19(2)16-22/h3-17H,1-2H3,(H,30,32)(H,31,33)/b29-17-. The number of benzene rings is 4. The Hall–Kier alpha value is -4.78. The fraction of sp³-hybridized carbons (Fsp3) is 0.0714. The molecular weight excluding hydrogens is 442 g/mol.